The summed E-state index contributed by atoms with van der Waals surface area (Å²) < 4.78 is 10.8. The van der Waals surface area contributed by atoms with Crippen LogP contribution in [0.2, 0.25) is 0 Å². The fraction of sp³-hybridized carbons (Fsp3) is 0.286. The first-order valence-corrected chi connectivity index (χ1v) is 12.4. The van der Waals surface area contributed by atoms with Gasteiger partial charge in [-0.05, 0) is 49.1 Å². The van der Waals surface area contributed by atoms with Crippen molar-refractivity contribution in [2.45, 2.75) is 38.2 Å². The minimum absolute atomic E-state index is 0.227. The maximum atomic E-state index is 11.9. The topological polar surface area (TPSA) is 84.9 Å². The molecule has 3 aromatic rings. The first kappa shape index (κ1) is 26.2. The number of aliphatic carboxylic acids is 1. The van der Waals surface area contributed by atoms with Gasteiger partial charge in [-0.1, -0.05) is 66.7 Å². The normalized spacial score (nSPS) is 12.0. The number of hydrogen-bond acceptors (Lipinski definition) is 5. The van der Waals surface area contributed by atoms with Crippen LogP contribution in [0.5, 0.6) is 5.75 Å². The summed E-state index contributed by atoms with van der Waals surface area (Å²) in [5.74, 6) is 0.547. The summed E-state index contributed by atoms with van der Waals surface area (Å²) in [4.78, 5) is 23.4. The molecule has 0 fully saturated rings. The highest BCUT2D eigenvalue weighted by Gasteiger charge is 2.23. The fourth-order valence-electron chi connectivity index (χ4n) is 3.44. The van der Waals surface area contributed by atoms with Gasteiger partial charge in [0.1, 0.15) is 17.4 Å². The second-order valence-electron chi connectivity index (χ2n) is 9.03. The van der Waals surface area contributed by atoms with Crippen LogP contribution in [0, 0.1) is 0 Å². The Bertz CT molecular complexity index is 1140. The van der Waals surface area contributed by atoms with Crippen molar-refractivity contribution in [1.29, 1.82) is 0 Å². The average molecular weight is 494 g/mol. The van der Waals surface area contributed by atoms with E-state index in [4.69, 9.17) is 9.47 Å². The van der Waals surface area contributed by atoms with Crippen LogP contribution in [0.15, 0.2) is 72.8 Å². The van der Waals surface area contributed by atoms with Crippen molar-refractivity contribution in [3.8, 4) is 28.0 Å². The molecule has 1 atom stereocenters. The molecule has 0 aliphatic rings. The highest BCUT2D eigenvalue weighted by atomic mass is 32.2. The molecular weight excluding hydrogens is 462 g/mol. The molecule has 0 aliphatic heterocycles. The first-order valence-electron chi connectivity index (χ1n) is 11.3. The van der Waals surface area contributed by atoms with Crippen molar-refractivity contribution in [3.63, 3.8) is 0 Å². The van der Waals surface area contributed by atoms with Gasteiger partial charge in [-0.15, -0.1) is 0 Å². The number of carbonyl (C=O) groups is 2. The quantitative estimate of drug-likeness (QED) is 0.367. The molecule has 3 rings (SSSR count). The maximum absolute atomic E-state index is 11.9. The van der Waals surface area contributed by atoms with E-state index in [1.807, 2.05) is 48.5 Å². The Hall–Kier alpha value is -3.45. The number of carboxylic acids is 1. The summed E-state index contributed by atoms with van der Waals surface area (Å²) in [5.41, 5.74) is 4.62. The van der Waals surface area contributed by atoms with Gasteiger partial charge < -0.3 is 19.9 Å². The lowest BCUT2D eigenvalue weighted by atomic mass is 9.98. The third kappa shape index (κ3) is 7.79. The number of methoxy groups -OCH3 is 1. The molecule has 0 aromatic heterocycles. The largest absolute Gasteiger partial charge is 0.496 e. The van der Waals surface area contributed by atoms with Crippen LogP contribution < -0.4 is 10.1 Å². The maximum Gasteiger partial charge on any atom is 0.408 e. The molecule has 1 amide bonds. The van der Waals surface area contributed by atoms with Gasteiger partial charge in [0, 0.05) is 17.1 Å². The fourth-order valence-corrected chi connectivity index (χ4v) is 4.45. The predicted molar refractivity (Wildman–Crippen MR) is 141 cm³/mol. The van der Waals surface area contributed by atoms with Gasteiger partial charge in [0.05, 0.1) is 7.11 Å². The second kappa shape index (κ2) is 11.8. The number of ether oxygens (including phenoxy) is 2. The van der Waals surface area contributed by atoms with Gasteiger partial charge in [-0.2, -0.15) is 11.8 Å². The number of nitrogens with one attached hydrogen (secondary N) is 1. The first-order chi connectivity index (χ1) is 16.7. The molecule has 0 aliphatic carbocycles. The number of alkyl carbamates (subject to hydrolysis) is 1. The Balaban J connectivity index is 1.62. The molecule has 0 bridgehead atoms. The molecule has 0 radical (unpaired) electrons. The number of hydrogen-bond donors (Lipinski definition) is 2. The number of amides is 1. The summed E-state index contributed by atoms with van der Waals surface area (Å²) in [5, 5.41) is 11.8. The summed E-state index contributed by atoms with van der Waals surface area (Å²) in [7, 11) is 1.67. The number of rotatable bonds is 9. The van der Waals surface area contributed by atoms with E-state index in [-0.39, 0.29) is 5.75 Å². The standard InChI is InChI=1S/C28H31NO5S/c1-28(2,3)34-27(32)29-24(26(30)31)18-35-17-19-10-12-21(13-11-19)23-15-14-22(16-25(23)33-4)20-8-6-5-7-9-20/h5-16,24H,17-18H2,1-4H3,(H,29,32)(H,30,31). The summed E-state index contributed by atoms with van der Waals surface area (Å²) in [6.45, 7) is 5.19. The van der Waals surface area contributed by atoms with E-state index in [1.54, 1.807) is 27.9 Å². The zero-order chi connectivity index (χ0) is 25.4. The van der Waals surface area contributed by atoms with Crippen molar-refractivity contribution in [2.24, 2.45) is 0 Å². The Morgan fingerprint density at radius 3 is 2.20 bits per heavy atom. The molecule has 0 spiro atoms. The van der Waals surface area contributed by atoms with Gasteiger partial charge in [-0.25, -0.2) is 9.59 Å². The van der Waals surface area contributed by atoms with E-state index in [2.05, 4.69) is 29.6 Å². The number of benzene rings is 3. The minimum atomic E-state index is -1.09. The average Bonchev–Trinajstić information content (AvgIpc) is 2.83. The summed E-state index contributed by atoms with van der Waals surface area (Å²) in [6, 6.07) is 23.4. The van der Waals surface area contributed by atoms with Gasteiger partial charge in [0.25, 0.3) is 0 Å². The molecule has 2 N–H and O–H groups in total. The molecule has 35 heavy (non-hydrogen) atoms. The number of carboxylic acid groups (broad SMARTS) is 1. The monoisotopic (exact) mass is 493 g/mol. The highest BCUT2D eigenvalue weighted by molar-refractivity contribution is 7.98. The predicted octanol–water partition coefficient (Wildman–Crippen LogP) is 6.24. The lowest BCUT2D eigenvalue weighted by Gasteiger charge is -2.21. The van der Waals surface area contributed by atoms with Crippen LogP contribution >= 0.6 is 11.8 Å². The van der Waals surface area contributed by atoms with Crippen molar-refractivity contribution in [2.75, 3.05) is 12.9 Å². The van der Waals surface area contributed by atoms with Crippen LogP contribution in [-0.4, -0.2) is 41.7 Å². The molecule has 0 heterocycles. The van der Waals surface area contributed by atoms with Gasteiger partial charge in [-0.3, -0.25) is 0 Å². The molecule has 0 saturated carbocycles. The zero-order valence-corrected chi connectivity index (χ0v) is 21.2. The highest BCUT2D eigenvalue weighted by Crippen LogP contribution is 2.34. The molecule has 184 valence electrons. The lowest BCUT2D eigenvalue weighted by Crippen LogP contribution is -2.44. The Morgan fingerprint density at radius 1 is 0.943 bits per heavy atom. The van der Waals surface area contributed by atoms with E-state index in [0.29, 0.717) is 5.75 Å². The Labute approximate surface area is 210 Å². The van der Waals surface area contributed by atoms with Crippen LogP contribution in [0.3, 0.4) is 0 Å². The smallest absolute Gasteiger partial charge is 0.408 e. The molecule has 6 nitrogen and oxygen atoms in total. The third-order valence-electron chi connectivity index (χ3n) is 5.12. The van der Waals surface area contributed by atoms with E-state index in [9.17, 15) is 14.7 Å². The van der Waals surface area contributed by atoms with Crippen LogP contribution in [0.4, 0.5) is 4.79 Å². The minimum Gasteiger partial charge on any atom is -0.496 e. The van der Waals surface area contributed by atoms with Crippen molar-refractivity contribution >= 4 is 23.8 Å². The van der Waals surface area contributed by atoms with Gasteiger partial charge >= 0.3 is 12.1 Å². The second-order valence-corrected chi connectivity index (χ2v) is 10.1. The van der Waals surface area contributed by atoms with Crippen molar-refractivity contribution < 1.29 is 24.2 Å². The van der Waals surface area contributed by atoms with Crippen molar-refractivity contribution in [3.05, 3.63) is 78.4 Å². The summed E-state index contributed by atoms with van der Waals surface area (Å²) in [6.07, 6.45) is -0.734. The van der Waals surface area contributed by atoms with Crippen LogP contribution in [-0.2, 0) is 15.3 Å². The van der Waals surface area contributed by atoms with Gasteiger partial charge in [0.15, 0.2) is 0 Å². The molecular formula is C28H31NO5S. The third-order valence-corrected chi connectivity index (χ3v) is 6.22. The number of carbonyl (C=O) groups excluding carboxylic acids is 1. The van der Waals surface area contributed by atoms with Gasteiger partial charge in [0.2, 0.25) is 0 Å². The van der Waals surface area contributed by atoms with Crippen LogP contribution in [0.1, 0.15) is 26.3 Å². The van der Waals surface area contributed by atoms with E-state index in [0.717, 1.165) is 33.6 Å². The van der Waals surface area contributed by atoms with E-state index >= 15 is 0 Å². The van der Waals surface area contributed by atoms with Crippen molar-refractivity contribution in [1.82, 2.24) is 5.32 Å². The SMILES string of the molecule is COc1cc(-c2ccccc2)ccc1-c1ccc(CSCC(NC(=O)OC(C)(C)C)C(=O)O)cc1. The van der Waals surface area contributed by atoms with E-state index in [1.165, 1.54) is 11.8 Å². The molecule has 3 aromatic carbocycles. The number of thioether (sulfide) groups is 1. The lowest BCUT2D eigenvalue weighted by molar-refractivity contribution is -0.138. The molecule has 7 heteroatoms. The Morgan fingerprint density at radius 2 is 1.60 bits per heavy atom. The zero-order valence-electron chi connectivity index (χ0n) is 20.4. The Kier molecular flexibility index (Phi) is 8.82. The molecule has 0 saturated heterocycles. The van der Waals surface area contributed by atoms with Crippen LogP contribution in [0.25, 0.3) is 22.3 Å². The van der Waals surface area contributed by atoms with E-state index < -0.39 is 23.7 Å². The summed E-state index contributed by atoms with van der Waals surface area (Å²) >= 11 is 1.44. The molecule has 1 unspecified atom stereocenters.